The lowest BCUT2D eigenvalue weighted by Gasteiger charge is -2.16. The third-order valence-corrected chi connectivity index (χ3v) is 8.58. The van der Waals surface area contributed by atoms with Gasteiger partial charge in [-0.25, -0.2) is 21.8 Å². The molecule has 0 aliphatic carbocycles. The summed E-state index contributed by atoms with van der Waals surface area (Å²) in [5, 5.41) is 1.64. The van der Waals surface area contributed by atoms with Gasteiger partial charge in [-0.1, -0.05) is 18.2 Å². The van der Waals surface area contributed by atoms with Crippen molar-refractivity contribution in [3.63, 3.8) is 0 Å². The molecule has 0 saturated heterocycles. The Morgan fingerprint density at radius 2 is 1.66 bits per heavy atom. The highest BCUT2D eigenvalue weighted by molar-refractivity contribution is 7.94. The molecule has 2 N–H and O–H groups in total. The third-order valence-electron chi connectivity index (χ3n) is 4.41. The molecule has 0 unspecified atom stereocenters. The molecule has 0 aliphatic rings. The highest BCUT2D eigenvalue weighted by atomic mass is 32.2. The van der Waals surface area contributed by atoms with Gasteiger partial charge < -0.3 is 9.30 Å². The molecule has 9 nitrogen and oxygen atoms in total. The summed E-state index contributed by atoms with van der Waals surface area (Å²) in [4.78, 5) is 3.88. The van der Waals surface area contributed by atoms with Crippen LogP contribution in [0.25, 0.3) is 5.69 Å². The van der Waals surface area contributed by atoms with Crippen LogP contribution in [0.1, 0.15) is 0 Å². The molecule has 4 aromatic rings. The molecule has 0 spiro atoms. The number of nitrogens with zero attached hydrogens (tertiary/aromatic N) is 2. The number of nitrogens with one attached hydrogen (secondary N) is 2. The van der Waals surface area contributed by atoms with E-state index in [1.165, 1.54) is 31.4 Å². The second kappa shape index (κ2) is 8.65. The van der Waals surface area contributed by atoms with E-state index in [2.05, 4.69) is 14.4 Å². The van der Waals surface area contributed by atoms with Gasteiger partial charge in [0.05, 0.1) is 30.5 Å². The number of rotatable bonds is 8. The quantitative estimate of drug-likeness (QED) is 0.390. The average molecular weight is 491 g/mol. The van der Waals surface area contributed by atoms with Gasteiger partial charge >= 0.3 is 0 Å². The number of hydrogen-bond acceptors (Lipinski definition) is 7. The molecular weight excluding hydrogens is 472 g/mol. The largest absolute Gasteiger partial charge is 0.495 e. The summed E-state index contributed by atoms with van der Waals surface area (Å²) < 4.78 is 63.5. The Hall–Kier alpha value is -3.35. The lowest BCUT2D eigenvalue weighted by atomic mass is 10.3. The second-order valence-corrected chi connectivity index (χ2v) is 11.0. The van der Waals surface area contributed by atoms with E-state index in [0.717, 1.165) is 11.3 Å². The highest BCUT2D eigenvalue weighted by Gasteiger charge is 2.23. The maximum atomic E-state index is 13.1. The van der Waals surface area contributed by atoms with E-state index < -0.39 is 20.0 Å². The van der Waals surface area contributed by atoms with Crippen LogP contribution in [0.2, 0.25) is 0 Å². The van der Waals surface area contributed by atoms with Crippen LogP contribution in [0.4, 0.5) is 11.4 Å². The maximum absolute atomic E-state index is 13.1. The zero-order valence-electron chi connectivity index (χ0n) is 16.7. The molecule has 4 rings (SSSR count). The molecule has 0 amide bonds. The summed E-state index contributed by atoms with van der Waals surface area (Å²) >= 11 is 1.06. The fourth-order valence-electron chi connectivity index (χ4n) is 2.92. The second-order valence-electron chi connectivity index (χ2n) is 6.49. The van der Waals surface area contributed by atoms with Crippen molar-refractivity contribution in [3.05, 3.63) is 78.7 Å². The minimum atomic E-state index is -4.11. The van der Waals surface area contributed by atoms with Crippen LogP contribution >= 0.6 is 11.3 Å². The Balaban J connectivity index is 1.66. The number of para-hydroxylation sites is 2. The zero-order chi connectivity index (χ0) is 22.8. The average Bonchev–Trinajstić information content (AvgIpc) is 3.49. The first-order valence-corrected chi connectivity index (χ1v) is 13.0. The van der Waals surface area contributed by atoms with Crippen LogP contribution in [0, 0.1) is 0 Å². The lowest BCUT2D eigenvalue weighted by Crippen LogP contribution is -2.17. The topological polar surface area (TPSA) is 119 Å². The summed E-state index contributed by atoms with van der Waals surface area (Å²) in [5.74, 6) is 0.125. The normalized spacial score (nSPS) is 11.8. The Morgan fingerprint density at radius 3 is 2.25 bits per heavy atom. The Labute approximate surface area is 189 Å². The summed E-state index contributed by atoms with van der Waals surface area (Å²) in [6, 6.07) is 13.8. The van der Waals surface area contributed by atoms with Crippen LogP contribution in [0.5, 0.6) is 5.75 Å². The van der Waals surface area contributed by atoms with E-state index in [-0.39, 0.29) is 26.2 Å². The number of sulfonamides is 2. The van der Waals surface area contributed by atoms with E-state index in [0.29, 0.717) is 5.69 Å². The molecule has 32 heavy (non-hydrogen) atoms. The first-order valence-electron chi connectivity index (χ1n) is 9.15. The van der Waals surface area contributed by atoms with E-state index in [1.54, 1.807) is 59.0 Å². The van der Waals surface area contributed by atoms with Crippen molar-refractivity contribution >= 4 is 42.8 Å². The van der Waals surface area contributed by atoms with Crippen molar-refractivity contribution in [2.45, 2.75) is 9.10 Å². The summed E-state index contributed by atoms with van der Waals surface area (Å²) in [7, 11) is -6.59. The summed E-state index contributed by atoms with van der Waals surface area (Å²) in [6.07, 6.45) is 4.90. The molecule has 12 heteroatoms. The smallest absolute Gasteiger partial charge is 0.271 e. The van der Waals surface area contributed by atoms with Crippen LogP contribution in [-0.4, -0.2) is 33.5 Å². The first kappa shape index (κ1) is 21.9. The van der Waals surface area contributed by atoms with Crippen molar-refractivity contribution in [1.82, 2.24) is 9.55 Å². The van der Waals surface area contributed by atoms with Gasteiger partial charge in [0.2, 0.25) is 0 Å². The van der Waals surface area contributed by atoms with Gasteiger partial charge in [-0.05, 0) is 35.7 Å². The van der Waals surface area contributed by atoms with Gasteiger partial charge in [0.25, 0.3) is 20.0 Å². The minimum Gasteiger partial charge on any atom is -0.495 e. The van der Waals surface area contributed by atoms with Crippen LogP contribution in [-0.2, 0) is 20.0 Å². The first-order chi connectivity index (χ1) is 15.3. The van der Waals surface area contributed by atoms with Gasteiger partial charge in [0.1, 0.15) is 14.9 Å². The van der Waals surface area contributed by atoms with Gasteiger partial charge in [-0.15, -0.1) is 11.3 Å². The molecule has 2 aromatic heterocycles. The standard InChI is InChI=1S/C20H18N4O5S3/c1-29-18-13-15(24-11-10-21-14-24)8-9-19(18)31(25,26)22-16-5-2-3-6-17(16)23-32(27,28)20-7-4-12-30-20/h2-14,22-23H,1H3. The zero-order valence-corrected chi connectivity index (χ0v) is 19.1. The fraction of sp³-hybridized carbons (Fsp3) is 0.0500. The summed E-state index contributed by atoms with van der Waals surface area (Å²) in [5.41, 5.74) is 0.842. The molecule has 166 valence electrons. The Morgan fingerprint density at radius 1 is 0.938 bits per heavy atom. The number of hydrogen-bond donors (Lipinski definition) is 2. The molecule has 0 aliphatic heterocycles. The molecule has 2 aromatic carbocycles. The molecule has 0 radical (unpaired) electrons. The predicted octanol–water partition coefficient (Wildman–Crippen LogP) is 3.54. The predicted molar refractivity (Wildman–Crippen MR) is 122 cm³/mol. The summed E-state index contributed by atoms with van der Waals surface area (Å²) in [6.45, 7) is 0. The maximum Gasteiger partial charge on any atom is 0.271 e. The highest BCUT2D eigenvalue weighted by Crippen LogP contribution is 2.31. The monoisotopic (exact) mass is 490 g/mol. The van der Waals surface area contributed by atoms with Crippen molar-refractivity contribution in [1.29, 1.82) is 0 Å². The van der Waals surface area contributed by atoms with E-state index >= 15 is 0 Å². The van der Waals surface area contributed by atoms with Crippen molar-refractivity contribution in [2.24, 2.45) is 0 Å². The molecule has 0 fully saturated rings. The number of benzene rings is 2. The van der Waals surface area contributed by atoms with Crippen molar-refractivity contribution in [2.75, 3.05) is 16.6 Å². The molecular formula is C20H18N4O5S3. The van der Waals surface area contributed by atoms with Gasteiger partial charge in [0.15, 0.2) is 0 Å². The third kappa shape index (κ3) is 4.47. The molecule has 0 saturated carbocycles. The van der Waals surface area contributed by atoms with E-state index in [1.807, 2.05) is 0 Å². The minimum absolute atomic E-state index is 0.0772. The number of aromatic nitrogens is 2. The molecule has 0 bridgehead atoms. The number of anilines is 2. The van der Waals surface area contributed by atoms with Crippen LogP contribution < -0.4 is 14.2 Å². The van der Waals surface area contributed by atoms with Crippen molar-refractivity contribution in [3.8, 4) is 11.4 Å². The molecule has 0 atom stereocenters. The van der Waals surface area contributed by atoms with Gasteiger partial charge in [0, 0.05) is 18.5 Å². The van der Waals surface area contributed by atoms with Crippen molar-refractivity contribution < 1.29 is 21.6 Å². The van der Waals surface area contributed by atoms with E-state index in [4.69, 9.17) is 4.74 Å². The number of thiophene rings is 1. The SMILES string of the molecule is COc1cc(-n2ccnc2)ccc1S(=O)(=O)Nc1ccccc1NS(=O)(=O)c1cccs1. The van der Waals surface area contributed by atoms with Gasteiger partial charge in [-0.2, -0.15) is 0 Å². The van der Waals surface area contributed by atoms with E-state index in [9.17, 15) is 16.8 Å². The van der Waals surface area contributed by atoms with Gasteiger partial charge in [-0.3, -0.25) is 9.44 Å². The number of ether oxygens (including phenoxy) is 1. The fourth-order valence-corrected chi connectivity index (χ4v) is 6.23. The molecule has 2 heterocycles. The van der Waals surface area contributed by atoms with Crippen LogP contribution in [0.15, 0.2) is 87.8 Å². The number of methoxy groups -OCH3 is 1. The lowest BCUT2D eigenvalue weighted by molar-refractivity contribution is 0.402. The van der Waals surface area contributed by atoms with Crippen LogP contribution in [0.3, 0.4) is 0 Å². The Kier molecular flexibility index (Phi) is 5.91. The number of imidazole rings is 1. The Bertz CT molecular complexity index is 1430.